The molecule has 2 N–H and O–H groups in total. The normalized spacial score (nSPS) is 20.1. The molecule has 0 unspecified atom stereocenters. The summed E-state index contributed by atoms with van der Waals surface area (Å²) >= 11 is 0. The minimum Gasteiger partial charge on any atom is -0.333 e. The highest BCUT2D eigenvalue weighted by molar-refractivity contribution is 7.89. The van der Waals surface area contributed by atoms with E-state index in [1.54, 1.807) is 22.5 Å². The van der Waals surface area contributed by atoms with Crippen molar-refractivity contribution in [2.24, 2.45) is 0 Å². The number of hydrogen-bond acceptors (Lipinski definition) is 3. The fourth-order valence-corrected chi connectivity index (χ4v) is 4.81. The number of nitrogens with one attached hydrogen (secondary N) is 2. The molecule has 126 valence electrons. The Balaban J connectivity index is 1.77. The lowest BCUT2D eigenvalue weighted by molar-refractivity contribution is -0.903. The zero-order valence-electron chi connectivity index (χ0n) is 13.5. The molecule has 0 bridgehead atoms. The van der Waals surface area contributed by atoms with Crippen molar-refractivity contribution >= 4 is 21.6 Å². The van der Waals surface area contributed by atoms with Gasteiger partial charge in [-0.25, -0.2) is 8.42 Å². The van der Waals surface area contributed by atoms with Crippen molar-refractivity contribution in [2.45, 2.75) is 31.1 Å². The Morgan fingerprint density at radius 2 is 1.96 bits per heavy atom. The molecule has 2 heterocycles. The van der Waals surface area contributed by atoms with Crippen LogP contribution in [0.25, 0.3) is 0 Å². The highest BCUT2D eigenvalue weighted by atomic mass is 32.2. The Bertz CT molecular complexity index is 695. The number of piperazine rings is 1. The van der Waals surface area contributed by atoms with Crippen LogP contribution in [0.3, 0.4) is 0 Å². The van der Waals surface area contributed by atoms with Gasteiger partial charge >= 0.3 is 0 Å². The highest BCUT2D eigenvalue weighted by Gasteiger charge is 2.30. The first-order chi connectivity index (χ1) is 11.0. The first-order valence-corrected chi connectivity index (χ1v) is 9.71. The highest BCUT2D eigenvalue weighted by Crippen LogP contribution is 2.26. The van der Waals surface area contributed by atoms with Gasteiger partial charge in [-0.15, -0.1) is 0 Å². The molecule has 2 aliphatic rings. The average Bonchev–Trinajstić information content (AvgIpc) is 2.55. The molecular formula is C16H24N3O3S+. The summed E-state index contributed by atoms with van der Waals surface area (Å²) < 4.78 is 27.3. The van der Waals surface area contributed by atoms with Gasteiger partial charge in [0.25, 0.3) is 0 Å². The SMILES string of the molecule is CCC[NH+]1CCN(S(=O)(=O)c2ccc3c(c2)CCC(=O)N3)CC1. The fourth-order valence-electron chi connectivity index (χ4n) is 3.32. The molecule has 0 aromatic heterocycles. The van der Waals surface area contributed by atoms with Gasteiger partial charge in [-0.3, -0.25) is 4.79 Å². The van der Waals surface area contributed by atoms with Crippen LogP contribution >= 0.6 is 0 Å². The van der Waals surface area contributed by atoms with Crippen LogP contribution in [0.15, 0.2) is 23.1 Å². The second-order valence-electron chi connectivity index (χ2n) is 6.27. The predicted molar refractivity (Wildman–Crippen MR) is 88.0 cm³/mol. The van der Waals surface area contributed by atoms with E-state index >= 15 is 0 Å². The summed E-state index contributed by atoms with van der Waals surface area (Å²) in [6.45, 7) is 6.15. The van der Waals surface area contributed by atoms with E-state index < -0.39 is 10.0 Å². The number of anilines is 1. The monoisotopic (exact) mass is 338 g/mol. The van der Waals surface area contributed by atoms with Gasteiger partial charge in [0.15, 0.2) is 0 Å². The molecule has 0 radical (unpaired) electrons. The van der Waals surface area contributed by atoms with Crippen molar-refractivity contribution in [3.05, 3.63) is 23.8 Å². The van der Waals surface area contributed by atoms with Crippen LogP contribution in [0.4, 0.5) is 5.69 Å². The minimum atomic E-state index is -3.44. The molecule has 0 saturated carbocycles. The lowest BCUT2D eigenvalue weighted by Crippen LogP contribution is -3.14. The maximum Gasteiger partial charge on any atom is 0.243 e. The fraction of sp³-hybridized carbons (Fsp3) is 0.562. The first-order valence-electron chi connectivity index (χ1n) is 8.27. The van der Waals surface area contributed by atoms with E-state index in [4.69, 9.17) is 0 Å². The Kier molecular flexibility index (Phi) is 4.70. The van der Waals surface area contributed by atoms with Crippen LogP contribution in [-0.2, 0) is 21.2 Å². The van der Waals surface area contributed by atoms with Gasteiger partial charge < -0.3 is 10.2 Å². The molecule has 3 rings (SSSR count). The van der Waals surface area contributed by atoms with Crippen LogP contribution in [-0.4, -0.2) is 51.4 Å². The van der Waals surface area contributed by atoms with Gasteiger partial charge in [0.1, 0.15) is 0 Å². The van der Waals surface area contributed by atoms with Gasteiger partial charge in [-0.1, -0.05) is 6.92 Å². The van der Waals surface area contributed by atoms with Crippen molar-refractivity contribution in [1.82, 2.24) is 4.31 Å². The molecule has 1 aromatic rings. The molecule has 1 aromatic carbocycles. The van der Waals surface area contributed by atoms with E-state index in [9.17, 15) is 13.2 Å². The van der Waals surface area contributed by atoms with Crippen LogP contribution < -0.4 is 10.2 Å². The average molecular weight is 338 g/mol. The Morgan fingerprint density at radius 1 is 1.22 bits per heavy atom. The van der Waals surface area contributed by atoms with E-state index in [-0.39, 0.29) is 5.91 Å². The molecule has 1 fully saturated rings. The molecule has 0 aliphatic carbocycles. The standard InChI is InChI=1S/C16H23N3O3S/c1-2-7-18-8-10-19(11-9-18)23(21,22)14-4-5-15-13(12-14)3-6-16(20)17-15/h4-5,12H,2-3,6-11H2,1H3,(H,17,20)/p+1. The quantitative estimate of drug-likeness (QED) is 0.803. The van der Waals surface area contributed by atoms with Crippen LogP contribution in [0, 0.1) is 0 Å². The second-order valence-corrected chi connectivity index (χ2v) is 8.21. The van der Waals surface area contributed by atoms with E-state index in [2.05, 4.69) is 12.2 Å². The van der Waals surface area contributed by atoms with E-state index in [1.165, 1.54) is 4.90 Å². The third kappa shape index (κ3) is 3.41. The second kappa shape index (κ2) is 6.59. The number of sulfonamides is 1. The Labute approximate surface area is 137 Å². The van der Waals surface area contributed by atoms with Crippen molar-refractivity contribution < 1.29 is 18.1 Å². The van der Waals surface area contributed by atoms with Gasteiger partial charge in [0.2, 0.25) is 15.9 Å². The van der Waals surface area contributed by atoms with Gasteiger partial charge in [0.05, 0.1) is 37.6 Å². The number of quaternary nitrogens is 1. The number of nitrogens with zero attached hydrogens (tertiary/aromatic N) is 1. The van der Waals surface area contributed by atoms with Gasteiger partial charge in [0, 0.05) is 12.1 Å². The number of carbonyl (C=O) groups is 1. The van der Waals surface area contributed by atoms with Gasteiger partial charge in [-0.2, -0.15) is 4.31 Å². The summed E-state index contributed by atoms with van der Waals surface area (Å²) in [5.74, 6) is -0.0110. The van der Waals surface area contributed by atoms with Crippen molar-refractivity contribution in [1.29, 1.82) is 0 Å². The largest absolute Gasteiger partial charge is 0.333 e. The maximum absolute atomic E-state index is 12.8. The number of hydrogen-bond donors (Lipinski definition) is 2. The Hall–Kier alpha value is -1.44. The predicted octanol–water partition coefficient (Wildman–Crippen LogP) is -0.129. The van der Waals surface area contributed by atoms with Crippen molar-refractivity contribution in [3.8, 4) is 0 Å². The number of carbonyl (C=O) groups excluding carboxylic acids is 1. The topological polar surface area (TPSA) is 70.9 Å². The number of benzene rings is 1. The van der Waals surface area contributed by atoms with Crippen molar-refractivity contribution in [3.63, 3.8) is 0 Å². The molecule has 1 amide bonds. The summed E-state index contributed by atoms with van der Waals surface area (Å²) in [5, 5.41) is 2.79. The Morgan fingerprint density at radius 3 is 2.65 bits per heavy atom. The third-order valence-electron chi connectivity index (χ3n) is 4.64. The summed E-state index contributed by atoms with van der Waals surface area (Å²) in [6.07, 6.45) is 2.13. The van der Waals surface area contributed by atoms with Crippen molar-refractivity contribution in [2.75, 3.05) is 38.0 Å². The molecule has 0 spiro atoms. The van der Waals surface area contributed by atoms with E-state index in [0.717, 1.165) is 37.3 Å². The number of rotatable bonds is 4. The van der Waals surface area contributed by atoms with E-state index in [0.29, 0.717) is 30.8 Å². The zero-order chi connectivity index (χ0) is 16.4. The molecule has 7 heteroatoms. The number of aryl methyl sites for hydroxylation is 1. The first kappa shape index (κ1) is 16.4. The van der Waals surface area contributed by atoms with Crippen LogP contribution in [0.2, 0.25) is 0 Å². The van der Waals surface area contributed by atoms with Crippen LogP contribution in [0.5, 0.6) is 0 Å². The van der Waals surface area contributed by atoms with E-state index in [1.807, 2.05) is 0 Å². The number of amides is 1. The molecule has 2 aliphatic heterocycles. The molecule has 6 nitrogen and oxygen atoms in total. The summed E-state index contributed by atoms with van der Waals surface area (Å²) in [4.78, 5) is 13.2. The lowest BCUT2D eigenvalue weighted by atomic mass is 10.0. The minimum absolute atomic E-state index is 0.0110. The molecule has 1 saturated heterocycles. The summed E-state index contributed by atoms with van der Waals surface area (Å²) in [6, 6.07) is 5.03. The zero-order valence-corrected chi connectivity index (χ0v) is 14.3. The molecule has 0 atom stereocenters. The third-order valence-corrected chi connectivity index (χ3v) is 6.54. The number of fused-ring (bicyclic) bond motifs is 1. The van der Waals surface area contributed by atoms with Gasteiger partial charge in [-0.05, 0) is 36.6 Å². The molecule has 23 heavy (non-hydrogen) atoms. The molecular weight excluding hydrogens is 314 g/mol. The summed E-state index contributed by atoms with van der Waals surface area (Å²) in [7, 11) is -3.44. The smallest absolute Gasteiger partial charge is 0.243 e. The van der Waals surface area contributed by atoms with Crippen LogP contribution in [0.1, 0.15) is 25.3 Å². The maximum atomic E-state index is 12.8. The summed E-state index contributed by atoms with van der Waals surface area (Å²) in [5.41, 5.74) is 1.64. The lowest BCUT2D eigenvalue weighted by Gasteiger charge is -2.31.